The van der Waals surface area contributed by atoms with Crippen molar-refractivity contribution in [2.75, 3.05) is 5.73 Å². The molecule has 36 heavy (non-hydrogen) atoms. The van der Waals surface area contributed by atoms with Crippen LogP contribution in [0.1, 0.15) is 45.2 Å². The van der Waals surface area contributed by atoms with E-state index in [1.165, 1.54) is 11.1 Å². The molecule has 0 amide bonds. The van der Waals surface area contributed by atoms with Crippen LogP contribution in [0.5, 0.6) is 0 Å². The third-order valence-electron chi connectivity index (χ3n) is 6.50. The summed E-state index contributed by atoms with van der Waals surface area (Å²) in [5.41, 5.74) is 14.5. The molecule has 2 unspecified atom stereocenters. The Morgan fingerprint density at radius 2 is 0.833 bits per heavy atom. The fourth-order valence-corrected chi connectivity index (χ4v) is 5.61. The van der Waals surface area contributed by atoms with Crippen molar-refractivity contribution in [3.63, 3.8) is 0 Å². The number of halogens is 3. The SMILES string of the molecule is Nc1c(C(c2ccccc2)c2ccc(Br)cc2)cc(Cl)cc1C(c1ccccc1)c1ccc(Br)cc1. The number of rotatable bonds is 6. The summed E-state index contributed by atoms with van der Waals surface area (Å²) >= 11 is 14.0. The van der Waals surface area contributed by atoms with Gasteiger partial charge in [0.25, 0.3) is 0 Å². The Labute approximate surface area is 234 Å². The van der Waals surface area contributed by atoms with Crippen molar-refractivity contribution in [1.29, 1.82) is 0 Å². The molecule has 5 aromatic carbocycles. The maximum Gasteiger partial charge on any atom is 0.0413 e. The number of benzene rings is 5. The molecule has 0 spiro atoms. The van der Waals surface area contributed by atoms with Gasteiger partial charge in [-0.3, -0.25) is 0 Å². The van der Waals surface area contributed by atoms with Gasteiger partial charge in [0.1, 0.15) is 0 Å². The van der Waals surface area contributed by atoms with E-state index in [2.05, 4.69) is 129 Å². The largest absolute Gasteiger partial charge is 0.398 e. The average Bonchev–Trinajstić information content (AvgIpc) is 2.90. The predicted molar refractivity (Wildman–Crippen MR) is 159 cm³/mol. The first kappa shape index (κ1) is 24.8. The second kappa shape index (κ2) is 11.0. The molecule has 0 fully saturated rings. The first-order valence-corrected chi connectivity index (χ1v) is 13.7. The fourth-order valence-electron chi connectivity index (χ4n) is 4.84. The molecule has 0 aliphatic carbocycles. The van der Waals surface area contributed by atoms with Crippen molar-refractivity contribution in [3.05, 3.63) is 169 Å². The van der Waals surface area contributed by atoms with Crippen LogP contribution < -0.4 is 5.73 Å². The lowest BCUT2D eigenvalue weighted by Crippen LogP contribution is -2.12. The Hall–Kier alpha value is -2.85. The lowest BCUT2D eigenvalue weighted by molar-refractivity contribution is 0.945. The van der Waals surface area contributed by atoms with Crippen LogP contribution in [-0.2, 0) is 0 Å². The van der Waals surface area contributed by atoms with Crippen LogP contribution in [0.4, 0.5) is 5.69 Å². The second-order valence-electron chi connectivity index (χ2n) is 8.79. The van der Waals surface area contributed by atoms with Gasteiger partial charge in [0.2, 0.25) is 0 Å². The summed E-state index contributed by atoms with van der Waals surface area (Å²) < 4.78 is 2.08. The summed E-state index contributed by atoms with van der Waals surface area (Å²) in [6.07, 6.45) is 0. The quantitative estimate of drug-likeness (QED) is 0.149. The molecule has 5 rings (SSSR count). The molecule has 2 atom stereocenters. The zero-order valence-corrected chi connectivity index (χ0v) is 23.3. The minimum atomic E-state index is -0.0573. The number of nitrogens with two attached hydrogens (primary N) is 1. The first-order valence-electron chi connectivity index (χ1n) is 11.7. The molecular formula is C32H24Br2ClN. The van der Waals surface area contributed by atoms with Gasteiger partial charge in [-0.2, -0.15) is 0 Å². The summed E-state index contributed by atoms with van der Waals surface area (Å²) in [6.45, 7) is 0. The van der Waals surface area contributed by atoms with Crippen LogP contribution in [0.15, 0.2) is 130 Å². The van der Waals surface area contributed by atoms with Crippen LogP contribution in [-0.4, -0.2) is 0 Å². The van der Waals surface area contributed by atoms with Crippen molar-refractivity contribution < 1.29 is 0 Å². The van der Waals surface area contributed by atoms with E-state index in [4.69, 9.17) is 17.3 Å². The third kappa shape index (κ3) is 5.29. The highest BCUT2D eigenvalue weighted by Crippen LogP contribution is 2.43. The standard InChI is InChI=1S/C32H24Br2ClN/c33-25-15-11-23(12-16-25)30(21-7-3-1-4-8-21)28-19-27(35)20-29(32(28)36)31(22-9-5-2-6-10-22)24-13-17-26(34)18-14-24/h1-20,30-31H,36H2. The number of hydrogen-bond donors (Lipinski definition) is 1. The Kier molecular flexibility index (Phi) is 7.62. The van der Waals surface area contributed by atoms with Gasteiger partial charge < -0.3 is 5.73 Å². The summed E-state index contributed by atoms with van der Waals surface area (Å²) in [7, 11) is 0. The van der Waals surface area contributed by atoms with Crippen molar-refractivity contribution in [2.45, 2.75) is 11.8 Å². The molecule has 0 aromatic heterocycles. The Bertz CT molecular complexity index is 1340. The number of anilines is 1. The molecule has 0 aliphatic heterocycles. The Morgan fingerprint density at radius 3 is 1.19 bits per heavy atom. The van der Waals surface area contributed by atoms with Crippen LogP contribution >= 0.6 is 43.5 Å². The smallest absolute Gasteiger partial charge is 0.0413 e. The van der Waals surface area contributed by atoms with Gasteiger partial charge in [-0.25, -0.2) is 0 Å². The lowest BCUT2D eigenvalue weighted by atomic mass is 9.79. The zero-order valence-electron chi connectivity index (χ0n) is 19.4. The maximum atomic E-state index is 7.09. The highest BCUT2D eigenvalue weighted by atomic mass is 79.9. The van der Waals surface area contributed by atoms with E-state index in [1.54, 1.807) is 0 Å². The Morgan fingerprint density at radius 1 is 0.500 bits per heavy atom. The molecule has 2 N–H and O–H groups in total. The molecule has 0 radical (unpaired) electrons. The first-order chi connectivity index (χ1) is 17.5. The minimum absolute atomic E-state index is 0.0573. The van der Waals surface area contributed by atoms with E-state index in [0.717, 1.165) is 36.9 Å². The van der Waals surface area contributed by atoms with Gasteiger partial charge >= 0.3 is 0 Å². The van der Waals surface area contributed by atoms with Crippen molar-refractivity contribution >= 4 is 49.1 Å². The fraction of sp³-hybridized carbons (Fsp3) is 0.0625. The molecule has 0 aliphatic rings. The second-order valence-corrected chi connectivity index (χ2v) is 11.1. The van der Waals surface area contributed by atoms with E-state index in [-0.39, 0.29) is 11.8 Å². The van der Waals surface area contributed by atoms with E-state index in [1.807, 2.05) is 24.3 Å². The molecular weight excluding hydrogens is 594 g/mol. The van der Waals surface area contributed by atoms with E-state index in [9.17, 15) is 0 Å². The van der Waals surface area contributed by atoms with Crippen LogP contribution in [0.3, 0.4) is 0 Å². The molecule has 0 heterocycles. The average molecular weight is 618 g/mol. The van der Waals surface area contributed by atoms with Gasteiger partial charge in [-0.15, -0.1) is 0 Å². The molecule has 178 valence electrons. The summed E-state index contributed by atoms with van der Waals surface area (Å²) in [4.78, 5) is 0. The number of nitrogen functional groups attached to an aromatic ring is 1. The van der Waals surface area contributed by atoms with Gasteiger partial charge in [0, 0.05) is 31.5 Å². The van der Waals surface area contributed by atoms with Gasteiger partial charge in [0.15, 0.2) is 0 Å². The van der Waals surface area contributed by atoms with Crippen LogP contribution in [0, 0.1) is 0 Å². The van der Waals surface area contributed by atoms with Gasteiger partial charge in [0.05, 0.1) is 0 Å². The number of hydrogen-bond acceptors (Lipinski definition) is 1. The molecule has 1 nitrogen and oxygen atoms in total. The van der Waals surface area contributed by atoms with Crippen LogP contribution in [0.25, 0.3) is 0 Å². The molecule has 0 bridgehead atoms. The molecule has 5 aromatic rings. The van der Waals surface area contributed by atoms with Crippen LogP contribution in [0.2, 0.25) is 5.02 Å². The molecule has 0 saturated heterocycles. The van der Waals surface area contributed by atoms with E-state index in [0.29, 0.717) is 5.02 Å². The highest BCUT2D eigenvalue weighted by Gasteiger charge is 2.26. The molecule has 0 saturated carbocycles. The maximum absolute atomic E-state index is 7.09. The van der Waals surface area contributed by atoms with Gasteiger partial charge in [-0.05, 0) is 69.8 Å². The van der Waals surface area contributed by atoms with Gasteiger partial charge in [-0.1, -0.05) is 128 Å². The van der Waals surface area contributed by atoms with E-state index >= 15 is 0 Å². The minimum Gasteiger partial charge on any atom is -0.398 e. The summed E-state index contributed by atoms with van der Waals surface area (Å²) in [5, 5.41) is 0.672. The summed E-state index contributed by atoms with van der Waals surface area (Å²) in [6, 6.07) is 41.8. The zero-order chi connectivity index (χ0) is 25.1. The normalized spacial score (nSPS) is 12.8. The predicted octanol–water partition coefficient (Wildman–Crippen LogP) is 9.81. The lowest BCUT2D eigenvalue weighted by Gasteiger charge is -2.26. The van der Waals surface area contributed by atoms with E-state index < -0.39 is 0 Å². The summed E-state index contributed by atoms with van der Waals surface area (Å²) in [5.74, 6) is -0.115. The van der Waals surface area contributed by atoms with Crippen molar-refractivity contribution in [1.82, 2.24) is 0 Å². The third-order valence-corrected chi connectivity index (χ3v) is 7.78. The topological polar surface area (TPSA) is 26.0 Å². The van der Waals surface area contributed by atoms with Crippen molar-refractivity contribution in [2.24, 2.45) is 0 Å². The molecule has 4 heteroatoms. The highest BCUT2D eigenvalue weighted by molar-refractivity contribution is 9.10. The monoisotopic (exact) mass is 615 g/mol. The van der Waals surface area contributed by atoms with Crippen molar-refractivity contribution in [3.8, 4) is 0 Å². The Balaban J connectivity index is 1.74.